The summed E-state index contributed by atoms with van der Waals surface area (Å²) in [6, 6.07) is 1.18. The molecular formula is C15H21N3O2. The standard InChI is InChI=1S/C15H21N3O2/c16-13(15(19)20)12-1-2-17-18(12)14-10-4-8-3-9(6-10)7-11(14)5-8/h1-2,8-11,13-14H,3-7,16H2,(H,19,20). The van der Waals surface area contributed by atoms with Gasteiger partial charge in [-0.2, -0.15) is 5.10 Å². The molecule has 0 radical (unpaired) electrons. The molecule has 0 saturated heterocycles. The van der Waals surface area contributed by atoms with Gasteiger partial charge in [-0.05, 0) is 61.8 Å². The highest BCUT2D eigenvalue weighted by Gasteiger charge is 2.49. The second kappa shape index (κ2) is 4.32. The Hall–Kier alpha value is -1.36. The lowest BCUT2D eigenvalue weighted by molar-refractivity contribution is -0.139. The van der Waals surface area contributed by atoms with E-state index in [9.17, 15) is 4.79 Å². The molecule has 5 rings (SSSR count). The summed E-state index contributed by atoms with van der Waals surface area (Å²) in [6.45, 7) is 0. The van der Waals surface area contributed by atoms with E-state index in [1.54, 1.807) is 12.3 Å². The van der Waals surface area contributed by atoms with E-state index in [-0.39, 0.29) is 0 Å². The molecule has 1 aromatic heterocycles. The molecule has 0 spiro atoms. The lowest BCUT2D eigenvalue weighted by Gasteiger charge is -2.54. The average Bonchev–Trinajstić information content (AvgIpc) is 2.85. The monoisotopic (exact) mass is 275 g/mol. The van der Waals surface area contributed by atoms with Crippen molar-refractivity contribution in [1.82, 2.24) is 9.78 Å². The number of hydrogen-bond donors (Lipinski definition) is 2. The van der Waals surface area contributed by atoms with E-state index in [1.807, 2.05) is 4.68 Å². The molecule has 0 aromatic carbocycles. The van der Waals surface area contributed by atoms with Crippen molar-refractivity contribution in [3.8, 4) is 0 Å². The first kappa shape index (κ1) is 12.4. The van der Waals surface area contributed by atoms with Crippen LogP contribution in [0.25, 0.3) is 0 Å². The van der Waals surface area contributed by atoms with Gasteiger partial charge in [-0.3, -0.25) is 9.48 Å². The number of aliphatic carboxylic acids is 1. The van der Waals surface area contributed by atoms with Crippen molar-refractivity contribution in [2.24, 2.45) is 29.4 Å². The fourth-order valence-corrected chi connectivity index (χ4v) is 5.24. The summed E-state index contributed by atoms with van der Waals surface area (Å²) >= 11 is 0. The highest BCUT2D eigenvalue weighted by Crippen LogP contribution is 2.58. The van der Waals surface area contributed by atoms with E-state index in [0.717, 1.165) is 11.8 Å². The summed E-state index contributed by atoms with van der Waals surface area (Å²) in [6.07, 6.45) is 8.28. The Labute approximate surface area is 118 Å². The minimum atomic E-state index is -0.976. The molecular weight excluding hydrogens is 254 g/mol. The molecule has 0 aliphatic heterocycles. The van der Waals surface area contributed by atoms with Gasteiger partial charge in [0.25, 0.3) is 0 Å². The van der Waals surface area contributed by atoms with Crippen molar-refractivity contribution < 1.29 is 9.90 Å². The Kier molecular flexibility index (Phi) is 2.67. The average molecular weight is 275 g/mol. The summed E-state index contributed by atoms with van der Waals surface area (Å²) < 4.78 is 1.95. The van der Waals surface area contributed by atoms with E-state index >= 15 is 0 Å². The second-order valence-corrected chi connectivity index (χ2v) is 6.94. The normalized spacial score (nSPS) is 40.0. The van der Waals surface area contributed by atoms with Crippen LogP contribution in [0.1, 0.15) is 49.9 Å². The van der Waals surface area contributed by atoms with E-state index in [4.69, 9.17) is 10.8 Å². The van der Waals surface area contributed by atoms with Crippen LogP contribution in [0.4, 0.5) is 0 Å². The molecule has 4 aliphatic rings. The van der Waals surface area contributed by atoms with Crippen LogP contribution >= 0.6 is 0 Å². The highest BCUT2D eigenvalue weighted by atomic mass is 16.4. The summed E-state index contributed by atoms with van der Waals surface area (Å²) in [4.78, 5) is 11.2. The number of carboxylic acids is 1. The van der Waals surface area contributed by atoms with Gasteiger partial charge in [0.05, 0.1) is 11.7 Å². The highest BCUT2D eigenvalue weighted by molar-refractivity contribution is 5.74. The zero-order valence-electron chi connectivity index (χ0n) is 11.5. The van der Waals surface area contributed by atoms with Crippen molar-refractivity contribution in [2.75, 3.05) is 0 Å². The Balaban J connectivity index is 1.68. The predicted octanol–water partition coefficient (Wildman–Crippen LogP) is 1.96. The number of hydrogen-bond acceptors (Lipinski definition) is 3. The summed E-state index contributed by atoms with van der Waals surface area (Å²) in [5.41, 5.74) is 6.48. The smallest absolute Gasteiger partial charge is 0.326 e. The lowest BCUT2D eigenvalue weighted by Crippen LogP contribution is -2.47. The van der Waals surface area contributed by atoms with Crippen molar-refractivity contribution >= 4 is 5.97 Å². The SMILES string of the molecule is NC(C(=O)O)c1ccnn1C1C2CC3CC(C2)CC1C3. The van der Waals surface area contributed by atoms with Crippen molar-refractivity contribution in [3.05, 3.63) is 18.0 Å². The minimum Gasteiger partial charge on any atom is -0.480 e. The summed E-state index contributed by atoms with van der Waals surface area (Å²) in [5.74, 6) is 2.18. The summed E-state index contributed by atoms with van der Waals surface area (Å²) in [7, 11) is 0. The van der Waals surface area contributed by atoms with Crippen molar-refractivity contribution in [2.45, 2.75) is 44.2 Å². The van der Waals surface area contributed by atoms with Crippen LogP contribution < -0.4 is 5.73 Å². The largest absolute Gasteiger partial charge is 0.480 e. The zero-order valence-corrected chi connectivity index (χ0v) is 11.5. The molecule has 3 N–H and O–H groups in total. The molecule has 4 aliphatic carbocycles. The molecule has 1 atom stereocenters. The van der Waals surface area contributed by atoms with Gasteiger partial charge < -0.3 is 10.8 Å². The third-order valence-electron chi connectivity index (χ3n) is 5.74. The number of rotatable bonds is 3. The molecule has 1 unspecified atom stereocenters. The number of nitrogens with zero attached hydrogens (tertiary/aromatic N) is 2. The third kappa shape index (κ3) is 1.72. The summed E-state index contributed by atoms with van der Waals surface area (Å²) in [5, 5.41) is 13.6. The number of nitrogens with two attached hydrogens (primary N) is 1. The fourth-order valence-electron chi connectivity index (χ4n) is 5.24. The Morgan fingerprint density at radius 2 is 1.85 bits per heavy atom. The van der Waals surface area contributed by atoms with Crippen LogP contribution in [0, 0.1) is 23.7 Å². The first-order chi connectivity index (χ1) is 9.63. The Bertz CT molecular complexity index is 511. The Morgan fingerprint density at radius 1 is 1.25 bits per heavy atom. The molecule has 20 heavy (non-hydrogen) atoms. The second-order valence-electron chi connectivity index (χ2n) is 6.94. The molecule has 0 amide bonds. The van der Waals surface area contributed by atoms with Gasteiger partial charge in [0.1, 0.15) is 6.04 Å². The number of aromatic nitrogens is 2. The van der Waals surface area contributed by atoms with Gasteiger partial charge >= 0.3 is 5.97 Å². The molecule has 4 bridgehead atoms. The van der Waals surface area contributed by atoms with Gasteiger partial charge in [-0.25, -0.2) is 0 Å². The Morgan fingerprint density at radius 3 is 2.40 bits per heavy atom. The van der Waals surface area contributed by atoms with Crippen molar-refractivity contribution in [1.29, 1.82) is 0 Å². The lowest BCUT2D eigenvalue weighted by atomic mass is 9.54. The fraction of sp³-hybridized carbons (Fsp3) is 0.733. The van der Waals surface area contributed by atoms with Crippen LogP contribution in [-0.4, -0.2) is 20.9 Å². The first-order valence-electron chi connectivity index (χ1n) is 7.65. The van der Waals surface area contributed by atoms with Crippen molar-refractivity contribution in [3.63, 3.8) is 0 Å². The van der Waals surface area contributed by atoms with Gasteiger partial charge in [0.2, 0.25) is 0 Å². The van der Waals surface area contributed by atoms with Gasteiger partial charge in [0.15, 0.2) is 0 Å². The number of carboxylic acid groups (broad SMARTS) is 1. The topological polar surface area (TPSA) is 81.1 Å². The maximum absolute atomic E-state index is 11.2. The maximum Gasteiger partial charge on any atom is 0.326 e. The number of carbonyl (C=O) groups is 1. The van der Waals surface area contributed by atoms with E-state index < -0.39 is 12.0 Å². The van der Waals surface area contributed by atoms with E-state index in [0.29, 0.717) is 23.6 Å². The van der Waals surface area contributed by atoms with Gasteiger partial charge in [-0.1, -0.05) is 0 Å². The molecule has 5 heteroatoms. The van der Waals surface area contributed by atoms with Crippen LogP contribution in [0.2, 0.25) is 0 Å². The van der Waals surface area contributed by atoms with Gasteiger partial charge in [0, 0.05) is 6.20 Å². The minimum absolute atomic E-state index is 0.373. The molecule has 1 aromatic rings. The van der Waals surface area contributed by atoms with Gasteiger partial charge in [-0.15, -0.1) is 0 Å². The molecule has 1 heterocycles. The molecule has 5 nitrogen and oxygen atoms in total. The maximum atomic E-state index is 11.2. The van der Waals surface area contributed by atoms with E-state index in [2.05, 4.69) is 5.10 Å². The van der Waals surface area contributed by atoms with E-state index in [1.165, 1.54) is 32.1 Å². The van der Waals surface area contributed by atoms with Crippen LogP contribution in [0.15, 0.2) is 12.3 Å². The first-order valence-corrected chi connectivity index (χ1v) is 7.65. The van der Waals surface area contributed by atoms with Crippen LogP contribution in [-0.2, 0) is 4.79 Å². The zero-order chi connectivity index (χ0) is 13.9. The van der Waals surface area contributed by atoms with Crippen LogP contribution in [0.5, 0.6) is 0 Å². The molecule has 4 saturated carbocycles. The molecule has 108 valence electrons. The predicted molar refractivity (Wildman–Crippen MR) is 72.9 cm³/mol. The molecule has 4 fully saturated rings. The van der Waals surface area contributed by atoms with Crippen LogP contribution in [0.3, 0.4) is 0 Å². The third-order valence-corrected chi connectivity index (χ3v) is 5.74. The quantitative estimate of drug-likeness (QED) is 0.883.